The number of hydrazone groups is 1. The Labute approximate surface area is 192 Å². The van der Waals surface area contributed by atoms with Crippen molar-refractivity contribution in [2.75, 3.05) is 5.73 Å². The molecule has 3 aromatic rings. The van der Waals surface area contributed by atoms with Crippen LogP contribution in [0.2, 0.25) is 0 Å². The van der Waals surface area contributed by atoms with Gasteiger partial charge in [-0.15, -0.1) is 11.8 Å². The molecule has 162 valence electrons. The first kappa shape index (κ1) is 21.5. The van der Waals surface area contributed by atoms with Gasteiger partial charge >= 0.3 is 0 Å². The van der Waals surface area contributed by atoms with Crippen LogP contribution < -0.4 is 22.0 Å². The number of nitrogens with one attached hydrogen (secondary N) is 3. The summed E-state index contributed by atoms with van der Waals surface area (Å²) in [7, 11) is 0. The Morgan fingerprint density at radius 2 is 1.66 bits per heavy atom. The second kappa shape index (κ2) is 10.5. The van der Waals surface area contributed by atoms with Crippen LogP contribution >= 0.6 is 11.8 Å². The van der Waals surface area contributed by atoms with Gasteiger partial charge in [0, 0.05) is 27.6 Å². The number of nitrogen functional groups attached to an aromatic ring is 1. The van der Waals surface area contributed by atoms with E-state index in [0.29, 0.717) is 5.96 Å². The Balaban J connectivity index is 1.40. The number of para-hydroxylation sites is 1. The average Bonchev–Trinajstić information content (AvgIpc) is 2.84. The molecule has 0 radical (unpaired) electrons. The van der Waals surface area contributed by atoms with E-state index < -0.39 is 0 Å². The molecule has 0 saturated heterocycles. The van der Waals surface area contributed by atoms with Gasteiger partial charge in [-0.1, -0.05) is 78.9 Å². The minimum atomic E-state index is -0.205. The monoisotopic (exact) mass is 442 g/mol. The van der Waals surface area contributed by atoms with Crippen molar-refractivity contribution in [3.05, 3.63) is 108 Å². The van der Waals surface area contributed by atoms with Crippen molar-refractivity contribution >= 4 is 29.1 Å². The molecule has 0 spiro atoms. The fourth-order valence-corrected chi connectivity index (χ4v) is 4.19. The summed E-state index contributed by atoms with van der Waals surface area (Å²) in [4.78, 5) is 5.92. The highest BCUT2D eigenvalue weighted by molar-refractivity contribution is 8.00. The van der Waals surface area contributed by atoms with E-state index in [0.717, 1.165) is 27.4 Å². The largest absolute Gasteiger partial charge is 0.398 e. The molecule has 6 nitrogen and oxygen atoms in total. The van der Waals surface area contributed by atoms with Gasteiger partial charge in [0.15, 0.2) is 0 Å². The summed E-state index contributed by atoms with van der Waals surface area (Å²) in [6.45, 7) is 2.12. The molecule has 2 unspecified atom stereocenters. The second-order valence-electron chi connectivity index (χ2n) is 7.26. The van der Waals surface area contributed by atoms with E-state index in [1.165, 1.54) is 0 Å². The van der Waals surface area contributed by atoms with Crippen LogP contribution in [0.4, 0.5) is 5.69 Å². The number of anilines is 1. The normalized spacial score (nSPS) is 16.6. The van der Waals surface area contributed by atoms with Crippen molar-refractivity contribution in [2.24, 2.45) is 10.1 Å². The molecule has 5 N–H and O–H groups in total. The Bertz CT molecular complexity index is 1110. The molecule has 1 aliphatic heterocycles. The lowest BCUT2D eigenvalue weighted by Crippen LogP contribution is -2.44. The maximum absolute atomic E-state index is 6.03. The predicted octanol–water partition coefficient (Wildman–Crippen LogP) is 4.46. The van der Waals surface area contributed by atoms with Crippen LogP contribution in [-0.2, 0) is 0 Å². The van der Waals surface area contributed by atoms with Crippen molar-refractivity contribution in [1.29, 1.82) is 0 Å². The van der Waals surface area contributed by atoms with Crippen molar-refractivity contribution in [3.8, 4) is 0 Å². The Morgan fingerprint density at radius 1 is 0.969 bits per heavy atom. The van der Waals surface area contributed by atoms with Crippen LogP contribution in [-0.4, -0.2) is 16.9 Å². The highest BCUT2D eigenvalue weighted by Crippen LogP contribution is 2.28. The highest BCUT2D eigenvalue weighted by atomic mass is 32.2. The van der Waals surface area contributed by atoms with Gasteiger partial charge < -0.3 is 11.2 Å². The number of benzene rings is 3. The molecule has 0 fully saturated rings. The fraction of sp³-hybridized carbons (Fsp3) is 0.120. The molecule has 4 rings (SSSR count). The lowest BCUT2D eigenvalue weighted by atomic mass is 9.97. The first-order chi connectivity index (χ1) is 15.7. The zero-order chi connectivity index (χ0) is 22.2. The number of hydrogen-bond donors (Lipinski definition) is 4. The molecule has 0 amide bonds. The van der Waals surface area contributed by atoms with Gasteiger partial charge in [-0.05, 0) is 24.6 Å². The molecule has 0 bridgehead atoms. The average molecular weight is 443 g/mol. The van der Waals surface area contributed by atoms with Gasteiger partial charge in [0.1, 0.15) is 6.04 Å². The topological polar surface area (TPSA) is 86.8 Å². The minimum Gasteiger partial charge on any atom is -0.398 e. The number of rotatable bonds is 7. The molecule has 3 aromatic carbocycles. The molecular weight excluding hydrogens is 416 g/mol. The van der Waals surface area contributed by atoms with Crippen molar-refractivity contribution < 1.29 is 0 Å². The van der Waals surface area contributed by atoms with E-state index in [1.54, 1.807) is 11.8 Å². The van der Waals surface area contributed by atoms with Gasteiger partial charge in [-0.2, -0.15) is 5.10 Å². The van der Waals surface area contributed by atoms with E-state index in [-0.39, 0.29) is 11.3 Å². The first-order valence-electron chi connectivity index (χ1n) is 10.4. The van der Waals surface area contributed by atoms with Gasteiger partial charge in [-0.25, -0.2) is 10.4 Å². The summed E-state index contributed by atoms with van der Waals surface area (Å²) in [5.41, 5.74) is 19.0. The third-order valence-electron chi connectivity index (χ3n) is 4.86. The summed E-state index contributed by atoms with van der Waals surface area (Å²) in [6.07, 6.45) is 3.91. The third kappa shape index (κ3) is 5.50. The molecule has 0 aliphatic carbocycles. The molecular formula is C25H26N6S. The van der Waals surface area contributed by atoms with E-state index in [9.17, 15) is 0 Å². The molecule has 7 heteroatoms. The van der Waals surface area contributed by atoms with Gasteiger partial charge in [-0.3, -0.25) is 5.43 Å². The maximum Gasteiger partial charge on any atom is 0.232 e. The summed E-state index contributed by atoms with van der Waals surface area (Å²) < 4.78 is 0. The fourth-order valence-electron chi connectivity index (χ4n) is 3.27. The number of aliphatic imine (C=N–C) groups is 1. The summed E-state index contributed by atoms with van der Waals surface area (Å²) in [6, 6.07) is 27.9. The smallest absolute Gasteiger partial charge is 0.232 e. The number of nitrogens with zero attached hydrogens (tertiary/aromatic N) is 2. The number of hydrazine groups is 1. The third-order valence-corrected chi connectivity index (χ3v) is 6.01. The minimum absolute atomic E-state index is 0.205. The quantitative estimate of drug-likeness (QED) is 0.247. The van der Waals surface area contributed by atoms with Crippen LogP contribution in [0.1, 0.15) is 24.1 Å². The second-order valence-corrected chi connectivity index (χ2v) is 8.67. The maximum atomic E-state index is 6.03. The van der Waals surface area contributed by atoms with Crippen molar-refractivity contribution in [2.45, 2.75) is 23.1 Å². The number of hydrogen-bond acceptors (Lipinski definition) is 7. The molecule has 2 atom stereocenters. The number of nitrogens with two attached hydrogens (primary N) is 1. The summed E-state index contributed by atoms with van der Waals surface area (Å²) >= 11 is 1.70. The predicted molar refractivity (Wildman–Crippen MR) is 134 cm³/mol. The molecule has 0 saturated carbocycles. The lowest BCUT2D eigenvalue weighted by molar-refractivity contribution is 0.735. The first-order valence-corrected chi connectivity index (χ1v) is 11.3. The SMILES string of the molecule is CC(/C=C/NNC1=NC(c2ccccc2)C(c2ccccc2)=NN1)Sc1ccccc1N. The van der Waals surface area contributed by atoms with Crippen LogP contribution in [0, 0.1) is 0 Å². The molecule has 1 heterocycles. The Hall–Kier alpha value is -3.71. The van der Waals surface area contributed by atoms with Gasteiger partial charge in [0.05, 0.1) is 5.71 Å². The molecule has 0 aromatic heterocycles. The number of guanidine groups is 1. The highest BCUT2D eigenvalue weighted by Gasteiger charge is 2.23. The zero-order valence-electron chi connectivity index (χ0n) is 17.8. The van der Waals surface area contributed by atoms with Crippen LogP contribution in [0.5, 0.6) is 0 Å². The van der Waals surface area contributed by atoms with Gasteiger partial charge in [0.2, 0.25) is 5.96 Å². The summed E-state index contributed by atoms with van der Waals surface area (Å²) in [5, 5.41) is 4.85. The zero-order valence-corrected chi connectivity index (χ0v) is 18.6. The van der Waals surface area contributed by atoms with E-state index in [4.69, 9.17) is 10.7 Å². The van der Waals surface area contributed by atoms with Crippen molar-refractivity contribution in [1.82, 2.24) is 16.3 Å². The van der Waals surface area contributed by atoms with Crippen molar-refractivity contribution in [3.63, 3.8) is 0 Å². The van der Waals surface area contributed by atoms with E-state index in [1.807, 2.05) is 79.0 Å². The van der Waals surface area contributed by atoms with Crippen LogP contribution in [0.25, 0.3) is 0 Å². The number of thioether (sulfide) groups is 1. The standard InChI is InChI=1S/C25H26N6S/c1-18(32-22-15-9-8-14-21(22)26)16-17-27-30-25-28-23(19-10-4-2-5-11-19)24(29-31-25)20-12-6-3-7-13-20/h2-18,23,27H,26H2,1H3,(H2,28,30,31)/b17-16+. The Kier molecular flexibility index (Phi) is 7.09. The molecule has 1 aliphatic rings. The van der Waals surface area contributed by atoms with E-state index in [2.05, 4.69) is 46.5 Å². The molecule has 32 heavy (non-hydrogen) atoms. The van der Waals surface area contributed by atoms with Crippen LogP contribution in [0.3, 0.4) is 0 Å². The Morgan fingerprint density at radius 3 is 2.41 bits per heavy atom. The van der Waals surface area contributed by atoms with Crippen LogP contribution in [0.15, 0.2) is 112 Å². The van der Waals surface area contributed by atoms with Gasteiger partial charge in [0.25, 0.3) is 0 Å². The lowest BCUT2D eigenvalue weighted by Gasteiger charge is -2.23. The summed E-state index contributed by atoms with van der Waals surface area (Å²) in [5.74, 6) is 0.552. The van der Waals surface area contributed by atoms with E-state index >= 15 is 0 Å².